The van der Waals surface area contributed by atoms with E-state index in [4.69, 9.17) is 25.4 Å². The first-order valence-electron chi connectivity index (χ1n) is 10.8. The highest BCUT2D eigenvalue weighted by Gasteiger charge is 2.43. The summed E-state index contributed by atoms with van der Waals surface area (Å²) in [5, 5.41) is 1.78. The number of benzene rings is 2. The van der Waals surface area contributed by atoms with Gasteiger partial charge in [-0.15, -0.1) is 0 Å². The Balaban J connectivity index is 1.84. The van der Waals surface area contributed by atoms with Gasteiger partial charge < -0.3 is 9.72 Å². The monoisotopic (exact) mass is 474 g/mol. The summed E-state index contributed by atoms with van der Waals surface area (Å²) in [6.07, 6.45) is 2.41. The number of halogens is 1. The van der Waals surface area contributed by atoms with E-state index < -0.39 is 7.75 Å². The number of hydrogen-bond donors (Lipinski definition) is 1. The zero-order valence-electron chi connectivity index (χ0n) is 18.3. The third-order valence-corrected chi connectivity index (χ3v) is 7.99. The quantitative estimate of drug-likeness (QED) is 0.283. The van der Waals surface area contributed by atoms with E-state index in [1.54, 1.807) is 6.08 Å². The summed E-state index contributed by atoms with van der Waals surface area (Å²) in [6, 6.07) is 13.3. The maximum atomic E-state index is 13.9. The maximum Gasteiger partial charge on any atom is 0.409 e. The molecule has 0 spiro atoms. The molecule has 1 aromatic heterocycles. The molecule has 1 aliphatic heterocycles. The second-order valence-electron chi connectivity index (χ2n) is 7.50. The third-order valence-electron chi connectivity index (χ3n) is 5.53. The fourth-order valence-corrected chi connectivity index (χ4v) is 6.34. The van der Waals surface area contributed by atoms with E-state index in [2.05, 4.69) is 11.6 Å². The Morgan fingerprint density at radius 3 is 2.56 bits per heavy atom. The SMILES string of the molecule is C=CCOc1ccc([C@H]2c3[nH]c4ccc(Cl)cc4c3CCN2P(=O)(OCC)OCC)cc1. The smallest absolute Gasteiger partial charge is 0.409 e. The number of aromatic nitrogens is 1. The molecule has 32 heavy (non-hydrogen) atoms. The van der Waals surface area contributed by atoms with Gasteiger partial charge in [-0.2, -0.15) is 4.67 Å². The van der Waals surface area contributed by atoms with Gasteiger partial charge in [0.1, 0.15) is 12.4 Å². The maximum absolute atomic E-state index is 13.9. The molecule has 0 bridgehead atoms. The largest absolute Gasteiger partial charge is 0.490 e. The second-order valence-corrected chi connectivity index (χ2v) is 9.90. The van der Waals surface area contributed by atoms with Crippen LogP contribution in [0, 0.1) is 0 Å². The van der Waals surface area contributed by atoms with Gasteiger partial charge in [0.2, 0.25) is 0 Å². The fourth-order valence-electron chi connectivity index (χ4n) is 4.26. The Kier molecular flexibility index (Phi) is 7.08. The van der Waals surface area contributed by atoms with Gasteiger partial charge in [0.15, 0.2) is 0 Å². The van der Waals surface area contributed by atoms with Crippen LogP contribution in [0.5, 0.6) is 5.75 Å². The van der Waals surface area contributed by atoms with Crippen LogP contribution < -0.4 is 4.74 Å². The predicted octanol–water partition coefficient (Wildman–Crippen LogP) is 6.51. The van der Waals surface area contributed by atoms with Crippen LogP contribution in [0.15, 0.2) is 55.1 Å². The van der Waals surface area contributed by atoms with Crippen LogP contribution in [0.3, 0.4) is 0 Å². The van der Waals surface area contributed by atoms with Crippen LogP contribution in [-0.4, -0.2) is 36.0 Å². The summed E-state index contributed by atoms with van der Waals surface area (Å²) in [4.78, 5) is 3.55. The van der Waals surface area contributed by atoms with Gasteiger partial charge >= 0.3 is 7.75 Å². The zero-order valence-corrected chi connectivity index (χ0v) is 20.0. The number of rotatable bonds is 9. The van der Waals surface area contributed by atoms with Gasteiger partial charge in [-0.1, -0.05) is 36.4 Å². The number of aromatic amines is 1. The highest BCUT2D eigenvalue weighted by atomic mass is 35.5. The Labute approximate surface area is 193 Å². The van der Waals surface area contributed by atoms with Crippen molar-refractivity contribution in [1.82, 2.24) is 9.65 Å². The molecule has 1 aliphatic rings. The normalized spacial score (nSPS) is 16.8. The first-order valence-corrected chi connectivity index (χ1v) is 12.7. The topological polar surface area (TPSA) is 63.8 Å². The summed E-state index contributed by atoms with van der Waals surface area (Å²) in [7, 11) is -3.51. The number of ether oxygens (including phenoxy) is 1. The Morgan fingerprint density at radius 2 is 1.91 bits per heavy atom. The minimum Gasteiger partial charge on any atom is -0.490 e. The lowest BCUT2D eigenvalue weighted by Gasteiger charge is -2.39. The molecule has 2 aromatic carbocycles. The van der Waals surface area contributed by atoms with E-state index in [0.717, 1.165) is 27.9 Å². The van der Waals surface area contributed by atoms with Crippen molar-refractivity contribution in [2.75, 3.05) is 26.4 Å². The third kappa shape index (κ3) is 4.39. The summed E-state index contributed by atoms with van der Waals surface area (Å²) in [5.41, 5.74) is 4.12. The van der Waals surface area contributed by atoms with E-state index in [9.17, 15) is 4.57 Å². The van der Waals surface area contributed by atoms with Gasteiger partial charge in [0.25, 0.3) is 0 Å². The molecule has 0 saturated carbocycles. The fraction of sp³-hybridized carbons (Fsp3) is 0.333. The van der Waals surface area contributed by atoms with Crippen molar-refractivity contribution in [1.29, 1.82) is 0 Å². The van der Waals surface area contributed by atoms with Gasteiger partial charge in [-0.05, 0) is 61.7 Å². The van der Waals surface area contributed by atoms with E-state index in [1.165, 1.54) is 5.56 Å². The van der Waals surface area contributed by atoms with E-state index >= 15 is 0 Å². The molecule has 3 aromatic rings. The van der Waals surface area contributed by atoms with Crippen molar-refractivity contribution < 1.29 is 18.3 Å². The van der Waals surface area contributed by atoms with E-state index in [1.807, 2.05) is 61.0 Å². The number of hydrogen-bond acceptors (Lipinski definition) is 4. The van der Waals surface area contributed by atoms with Crippen LogP contribution in [0.2, 0.25) is 5.02 Å². The molecule has 170 valence electrons. The highest BCUT2D eigenvalue weighted by Crippen LogP contribution is 2.59. The average molecular weight is 475 g/mol. The van der Waals surface area contributed by atoms with E-state index in [0.29, 0.717) is 37.8 Å². The second kappa shape index (κ2) is 9.82. The first-order chi connectivity index (χ1) is 15.5. The van der Waals surface area contributed by atoms with Crippen molar-refractivity contribution in [3.63, 3.8) is 0 Å². The molecular weight excluding hydrogens is 447 g/mol. The van der Waals surface area contributed by atoms with Gasteiger partial charge in [-0.3, -0.25) is 9.05 Å². The summed E-state index contributed by atoms with van der Waals surface area (Å²) < 4.78 is 32.8. The average Bonchev–Trinajstić information content (AvgIpc) is 3.15. The molecule has 0 fully saturated rings. The minimum absolute atomic E-state index is 0.296. The number of H-pyrrole nitrogens is 1. The molecular formula is C24H28ClN2O4P. The lowest BCUT2D eigenvalue weighted by molar-refractivity contribution is 0.151. The molecule has 0 saturated heterocycles. The molecule has 4 rings (SSSR count). The zero-order chi connectivity index (χ0) is 22.7. The Morgan fingerprint density at radius 1 is 1.19 bits per heavy atom. The Hall–Kier alpha value is -2.08. The molecule has 0 amide bonds. The minimum atomic E-state index is -3.51. The van der Waals surface area contributed by atoms with Gasteiger partial charge in [0.05, 0.1) is 19.3 Å². The molecule has 0 radical (unpaired) electrons. The van der Waals surface area contributed by atoms with Crippen LogP contribution in [-0.2, 0) is 20.0 Å². The molecule has 0 aliphatic carbocycles. The lowest BCUT2D eigenvalue weighted by atomic mass is 9.94. The number of nitrogens with one attached hydrogen (secondary N) is 1. The Bertz CT molecular complexity index is 1130. The first kappa shape index (κ1) is 23.1. The molecule has 8 heteroatoms. The van der Waals surface area contributed by atoms with Gasteiger partial charge in [-0.25, -0.2) is 4.57 Å². The van der Waals surface area contributed by atoms with Crippen molar-refractivity contribution >= 4 is 30.3 Å². The summed E-state index contributed by atoms with van der Waals surface area (Å²) >= 11 is 6.28. The molecule has 1 N–H and O–H groups in total. The van der Waals surface area contributed by atoms with Crippen LogP contribution in [0.1, 0.15) is 36.7 Å². The van der Waals surface area contributed by atoms with Crippen LogP contribution in [0.25, 0.3) is 10.9 Å². The van der Waals surface area contributed by atoms with Crippen molar-refractivity contribution in [2.24, 2.45) is 0 Å². The highest BCUT2D eigenvalue weighted by molar-refractivity contribution is 7.51. The van der Waals surface area contributed by atoms with Crippen molar-refractivity contribution in [3.8, 4) is 5.75 Å². The standard InChI is InChI=1S/C24H28ClN2O4P/c1-4-15-29-19-10-7-17(8-11-19)24-23-20(21-16-18(25)9-12-22(21)26-23)13-14-27(24)32(28,30-5-2)31-6-3/h4,7-12,16,24,26H,1,5-6,13-15H2,2-3H3/t24-/m0/s1. The number of nitrogens with zero attached hydrogens (tertiary/aromatic N) is 1. The lowest BCUT2D eigenvalue weighted by Crippen LogP contribution is -2.35. The molecule has 0 unspecified atom stereocenters. The van der Waals surface area contributed by atoms with Crippen LogP contribution >= 0.6 is 19.3 Å². The van der Waals surface area contributed by atoms with Gasteiger partial charge in [0, 0.05) is 28.2 Å². The molecule has 2 heterocycles. The molecule has 1 atom stereocenters. The van der Waals surface area contributed by atoms with Crippen molar-refractivity contribution in [3.05, 3.63) is 77.0 Å². The number of fused-ring (bicyclic) bond motifs is 3. The van der Waals surface area contributed by atoms with Crippen LogP contribution in [0.4, 0.5) is 0 Å². The molecule has 6 nitrogen and oxygen atoms in total. The summed E-state index contributed by atoms with van der Waals surface area (Å²) in [5.74, 6) is 0.748. The predicted molar refractivity (Wildman–Crippen MR) is 129 cm³/mol. The van der Waals surface area contributed by atoms with E-state index in [-0.39, 0.29) is 6.04 Å². The summed E-state index contributed by atoms with van der Waals surface area (Å²) in [6.45, 7) is 8.90. The van der Waals surface area contributed by atoms with Crippen molar-refractivity contribution in [2.45, 2.75) is 26.3 Å².